The minimum absolute atomic E-state index is 0.240. The summed E-state index contributed by atoms with van der Waals surface area (Å²) in [5.74, 6) is -3.50. The highest BCUT2D eigenvalue weighted by Gasteiger charge is 2.33. The number of halogens is 2. The predicted molar refractivity (Wildman–Crippen MR) is 113 cm³/mol. The number of rotatable bonds is 5. The molecule has 0 unspecified atom stereocenters. The third-order valence-electron chi connectivity index (χ3n) is 5.55. The number of carbonyl (C=O) groups excluding carboxylic acids is 1. The van der Waals surface area contributed by atoms with E-state index >= 15 is 0 Å². The Hall–Kier alpha value is -2.86. The van der Waals surface area contributed by atoms with Crippen LogP contribution in [0.3, 0.4) is 0 Å². The zero-order valence-electron chi connectivity index (χ0n) is 17.2. The summed E-state index contributed by atoms with van der Waals surface area (Å²) in [6.45, 7) is 4.36. The van der Waals surface area contributed by atoms with Crippen molar-refractivity contribution < 1.29 is 26.7 Å². The maximum atomic E-state index is 13.0. The van der Waals surface area contributed by atoms with Crippen LogP contribution in [0.2, 0.25) is 0 Å². The van der Waals surface area contributed by atoms with Gasteiger partial charge < -0.3 is 19.4 Å². The lowest BCUT2D eigenvalue weighted by atomic mass is 10.2. The Balaban J connectivity index is 1.45. The summed E-state index contributed by atoms with van der Waals surface area (Å²) in [5, 5.41) is 8.30. The zero-order chi connectivity index (χ0) is 22.7. The molecule has 0 N–H and O–H groups in total. The number of sulfone groups is 1. The molecule has 4 rings (SSSR count). The fourth-order valence-corrected chi connectivity index (χ4v) is 4.71. The Morgan fingerprint density at radius 2 is 1.69 bits per heavy atom. The normalized spacial score (nSPS) is 17.7. The molecule has 32 heavy (non-hydrogen) atoms. The van der Waals surface area contributed by atoms with Crippen molar-refractivity contribution in [3.63, 3.8) is 0 Å². The van der Waals surface area contributed by atoms with E-state index in [-0.39, 0.29) is 5.56 Å². The molecule has 0 spiro atoms. The van der Waals surface area contributed by atoms with E-state index in [1.807, 2.05) is 11.0 Å². The van der Waals surface area contributed by atoms with E-state index in [2.05, 4.69) is 15.1 Å². The van der Waals surface area contributed by atoms with Gasteiger partial charge in [-0.25, -0.2) is 8.42 Å². The zero-order valence-corrected chi connectivity index (χ0v) is 18.0. The molecule has 172 valence electrons. The monoisotopic (exact) mass is 467 g/mol. The van der Waals surface area contributed by atoms with Crippen molar-refractivity contribution in [2.75, 3.05) is 62.3 Å². The van der Waals surface area contributed by atoms with Crippen molar-refractivity contribution in [1.82, 2.24) is 15.1 Å². The number of aromatic nitrogens is 2. The third kappa shape index (κ3) is 4.51. The molecule has 2 fully saturated rings. The Morgan fingerprint density at radius 1 is 1.00 bits per heavy atom. The predicted octanol–water partition coefficient (Wildman–Crippen LogP) is 1.27. The van der Waals surface area contributed by atoms with E-state index in [0.717, 1.165) is 24.8 Å². The molecular weight excluding hydrogens is 444 g/mol. The highest BCUT2D eigenvalue weighted by molar-refractivity contribution is 7.91. The molecule has 2 aromatic rings. The average molecular weight is 467 g/mol. The summed E-state index contributed by atoms with van der Waals surface area (Å²) in [6, 6.07) is 7.03. The van der Waals surface area contributed by atoms with Gasteiger partial charge in [-0.15, -0.1) is 5.10 Å². The van der Waals surface area contributed by atoms with Crippen LogP contribution in [0.25, 0.3) is 0 Å². The van der Waals surface area contributed by atoms with Crippen molar-refractivity contribution in [3.8, 4) is 0 Å². The fraction of sp³-hybridized carbons (Fsp3) is 0.450. The first-order chi connectivity index (χ1) is 15.4. The van der Waals surface area contributed by atoms with Crippen LogP contribution in [0.1, 0.15) is 10.4 Å². The number of nitrogens with zero attached hydrogens (tertiary/aromatic N) is 5. The summed E-state index contributed by atoms with van der Waals surface area (Å²) in [4.78, 5) is 17.9. The van der Waals surface area contributed by atoms with E-state index in [9.17, 15) is 22.0 Å². The Bertz CT molecular complexity index is 1070. The maximum absolute atomic E-state index is 13.0. The minimum atomic E-state index is -4.88. The smallest absolute Gasteiger partial charge is 0.341 e. The molecule has 0 radical (unpaired) electrons. The lowest BCUT2D eigenvalue weighted by Crippen LogP contribution is -2.49. The van der Waals surface area contributed by atoms with Crippen molar-refractivity contribution in [3.05, 3.63) is 42.1 Å². The topological polar surface area (TPSA) is 95.9 Å². The van der Waals surface area contributed by atoms with Gasteiger partial charge >= 0.3 is 5.76 Å². The number of piperazine rings is 1. The molecule has 12 heteroatoms. The SMILES string of the molecule is O=C(c1ccccc1S(=O)(=O)C(F)F)N1CCN(c2cc(N3CCOCC3)cnn2)CC1. The van der Waals surface area contributed by atoms with Crippen LogP contribution in [0.5, 0.6) is 0 Å². The molecule has 1 aromatic carbocycles. The van der Waals surface area contributed by atoms with E-state index in [4.69, 9.17) is 4.74 Å². The Labute approximate surface area is 184 Å². The number of hydrogen-bond acceptors (Lipinski definition) is 8. The van der Waals surface area contributed by atoms with Crippen molar-refractivity contribution in [2.45, 2.75) is 10.7 Å². The number of morpholine rings is 1. The van der Waals surface area contributed by atoms with Crippen molar-refractivity contribution >= 4 is 27.2 Å². The second kappa shape index (κ2) is 9.33. The molecule has 2 aliphatic rings. The van der Waals surface area contributed by atoms with Gasteiger partial charge in [-0.3, -0.25) is 4.79 Å². The summed E-state index contributed by atoms with van der Waals surface area (Å²) in [5.41, 5.74) is 0.707. The second-order valence-electron chi connectivity index (χ2n) is 7.45. The number of carbonyl (C=O) groups is 1. The van der Waals surface area contributed by atoms with Gasteiger partial charge in [0.2, 0.25) is 9.84 Å². The van der Waals surface area contributed by atoms with E-state index < -0.39 is 26.4 Å². The first kappa shape index (κ1) is 22.3. The molecule has 1 amide bonds. The van der Waals surface area contributed by atoms with Gasteiger partial charge in [0.05, 0.1) is 35.6 Å². The fourth-order valence-electron chi connectivity index (χ4n) is 3.79. The van der Waals surface area contributed by atoms with Gasteiger partial charge in [-0.1, -0.05) is 12.1 Å². The van der Waals surface area contributed by atoms with Crippen LogP contribution in [-0.2, 0) is 14.6 Å². The molecule has 0 atom stereocenters. The van der Waals surface area contributed by atoms with Crippen LogP contribution in [0, 0.1) is 0 Å². The van der Waals surface area contributed by atoms with Crippen LogP contribution in [-0.4, -0.2) is 87.7 Å². The maximum Gasteiger partial charge on any atom is 0.341 e. The number of alkyl halides is 2. The number of amides is 1. The summed E-state index contributed by atoms with van der Waals surface area (Å²) < 4.78 is 55.4. The standard InChI is InChI=1S/C20H23F2N5O4S/c21-20(22)32(29,30)17-4-2-1-3-16(17)19(28)27-7-5-26(6-8-27)18-13-15(14-23-24-18)25-9-11-31-12-10-25/h1-4,13-14,20H,5-12H2. The summed E-state index contributed by atoms with van der Waals surface area (Å²) in [7, 11) is -4.88. The quantitative estimate of drug-likeness (QED) is 0.649. The number of benzene rings is 1. The highest BCUT2D eigenvalue weighted by Crippen LogP contribution is 2.25. The lowest BCUT2D eigenvalue weighted by molar-refractivity contribution is 0.0742. The van der Waals surface area contributed by atoms with Crippen LogP contribution in [0.15, 0.2) is 41.4 Å². The first-order valence-electron chi connectivity index (χ1n) is 10.2. The molecular formula is C20H23F2N5O4S. The van der Waals surface area contributed by atoms with Crippen LogP contribution < -0.4 is 9.80 Å². The first-order valence-corrected chi connectivity index (χ1v) is 11.7. The van der Waals surface area contributed by atoms with Gasteiger partial charge in [0.15, 0.2) is 5.82 Å². The number of anilines is 2. The van der Waals surface area contributed by atoms with E-state index in [1.165, 1.54) is 23.1 Å². The molecule has 0 aliphatic carbocycles. The van der Waals surface area contributed by atoms with Gasteiger partial charge in [-0.05, 0) is 12.1 Å². The summed E-state index contributed by atoms with van der Waals surface area (Å²) in [6.07, 6.45) is 1.70. The minimum Gasteiger partial charge on any atom is -0.378 e. The molecule has 3 heterocycles. The van der Waals surface area contributed by atoms with Gasteiger partial charge in [0.1, 0.15) is 0 Å². The summed E-state index contributed by atoms with van der Waals surface area (Å²) >= 11 is 0. The molecule has 1 aromatic heterocycles. The van der Waals surface area contributed by atoms with Crippen LogP contribution >= 0.6 is 0 Å². The van der Waals surface area contributed by atoms with Gasteiger partial charge in [-0.2, -0.15) is 13.9 Å². The molecule has 0 saturated carbocycles. The van der Waals surface area contributed by atoms with E-state index in [1.54, 1.807) is 6.20 Å². The molecule has 2 saturated heterocycles. The van der Waals surface area contributed by atoms with Gasteiger partial charge in [0.25, 0.3) is 5.91 Å². The number of ether oxygens (including phenoxy) is 1. The highest BCUT2D eigenvalue weighted by atomic mass is 32.2. The van der Waals surface area contributed by atoms with Gasteiger partial charge in [0, 0.05) is 45.3 Å². The average Bonchev–Trinajstić information content (AvgIpc) is 2.84. The largest absolute Gasteiger partial charge is 0.378 e. The van der Waals surface area contributed by atoms with Crippen molar-refractivity contribution in [1.29, 1.82) is 0 Å². The molecule has 9 nitrogen and oxygen atoms in total. The third-order valence-corrected chi connectivity index (χ3v) is 6.99. The lowest BCUT2D eigenvalue weighted by Gasteiger charge is -2.36. The second-order valence-corrected chi connectivity index (χ2v) is 9.34. The Kier molecular flexibility index (Phi) is 6.51. The van der Waals surface area contributed by atoms with Crippen molar-refractivity contribution in [2.24, 2.45) is 0 Å². The van der Waals surface area contributed by atoms with Crippen LogP contribution in [0.4, 0.5) is 20.3 Å². The Morgan fingerprint density at radius 3 is 2.38 bits per heavy atom. The van der Waals surface area contributed by atoms with E-state index in [0.29, 0.717) is 45.2 Å². The molecule has 0 bridgehead atoms. The molecule has 2 aliphatic heterocycles. The number of hydrogen-bond donors (Lipinski definition) is 0.